The van der Waals surface area contributed by atoms with Gasteiger partial charge in [-0.3, -0.25) is 4.79 Å². The number of nitrogens with one attached hydrogen (secondary N) is 1. The summed E-state index contributed by atoms with van der Waals surface area (Å²) in [5.41, 5.74) is 2.48. The summed E-state index contributed by atoms with van der Waals surface area (Å²) in [6, 6.07) is 8.44. The van der Waals surface area contributed by atoms with Crippen molar-refractivity contribution in [3.05, 3.63) is 35.4 Å². The summed E-state index contributed by atoms with van der Waals surface area (Å²) >= 11 is 0. The molecule has 1 aliphatic rings. The molecule has 0 saturated carbocycles. The Bertz CT molecular complexity index is 353. The van der Waals surface area contributed by atoms with Gasteiger partial charge in [0.25, 0.3) is 0 Å². The van der Waals surface area contributed by atoms with Crippen LogP contribution >= 0.6 is 0 Å². The molecule has 1 amide bonds. The molecule has 0 aromatic heterocycles. The summed E-state index contributed by atoms with van der Waals surface area (Å²) < 4.78 is 0. The molecule has 1 saturated heterocycles. The van der Waals surface area contributed by atoms with Crippen molar-refractivity contribution in [2.75, 3.05) is 6.54 Å². The van der Waals surface area contributed by atoms with Gasteiger partial charge in [-0.05, 0) is 23.5 Å². The first-order chi connectivity index (χ1) is 7.18. The summed E-state index contributed by atoms with van der Waals surface area (Å²) in [6.07, 6.45) is 0.930. The zero-order chi connectivity index (χ0) is 10.8. The molecule has 1 atom stereocenters. The Morgan fingerprint density at radius 3 is 2.40 bits per heavy atom. The molecule has 0 aliphatic carbocycles. The van der Waals surface area contributed by atoms with E-state index >= 15 is 0 Å². The highest BCUT2D eigenvalue weighted by Gasteiger charge is 2.25. The van der Waals surface area contributed by atoms with Crippen molar-refractivity contribution in [1.29, 1.82) is 0 Å². The van der Waals surface area contributed by atoms with Crippen molar-refractivity contribution in [2.24, 2.45) is 0 Å². The average molecular weight is 203 g/mol. The molecule has 1 unspecified atom stereocenters. The zero-order valence-corrected chi connectivity index (χ0v) is 9.29. The van der Waals surface area contributed by atoms with E-state index in [0.29, 0.717) is 5.92 Å². The Hall–Kier alpha value is -1.31. The summed E-state index contributed by atoms with van der Waals surface area (Å²) in [5.74, 6) is 0.801. The topological polar surface area (TPSA) is 29.1 Å². The zero-order valence-electron chi connectivity index (χ0n) is 9.29. The maximum atomic E-state index is 11.5. The molecule has 15 heavy (non-hydrogen) atoms. The van der Waals surface area contributed by atoms with Crippen LogP contribution in [0.2, 0.25) is 0 Å². The Kier molecular flexibility index (Phi) is 2.76. The normalized spacial score (nSPS) is 20.7. The molecule has 1 aliphatic heterocycles. The van der Waals surface area contributed by atoms with Crippen LogP contribution in [0.4, 0.5) is 0 Å². The molecule has 80 valence electrons. The molecule has 0 spiro atoms. The number of carbonyl (C=O) groups is 1. The molecule has 1 aromatic carbocycles. The molecular formula is C13H17NO. The minimum atomic E-state index is 0.0752. The fraction of sp³-hybridized carbons (Fsp3) is 0.462. The van der Waals surface area contributed by atoms with E-state index in [1.807, 2.05) is 0 Å². The molecule has 2 nitrogen and oxygen atoms in total. The molecule has 0 bridgehead atoms. The van der Waals surface area contributed by atoms with Crippen LogP contribution in [-0.4, -0.2) is 12.5 Å². The standard InChI is InChI=1S/C13H17NO/c1-9(2)10-3-5-11(6-4-10)12-7-8-14-13(12)15/h3-6,9,12H,7-8H2,1-2H3,(H,14,15). The van der Waals surface area contributed by atoms with E-state index in [0.717, 1.165) is 18.5 Å². The minimum Gasteiger partial charge on any atom is -0.356 e. The predicted octanol–water partition coefficient (Wildman–Crippen LogP) is 2.41. The SMILES string of the molecule is CC(C)c1ccc(C2CCNC2=O)cc1. The second kappa shape index (κ2) is 4.05. The van der Waals surface area contributed by atoms with Crippen LogP contribution in [0.1, 0.15) is 43.2 Å². The molecule has 1 aromatic rings. The summed E-state index contributed by atoms with van der Waals surface area (Å²) in [5, 5.41) is 2.87. The highest BCUT2D eigenvalue weighted by Crippen LogP contribution is 2.25. The van der Waals surface area contributed by atoms with Crippen molar-refractivity contribution in [3.8, 4) is 0 Å². The smallest absolute Gasteiger partial charge is 0.227 e. The number of amides is 1. The lowest BCUT2D eigenvalue weighted by Crippen LogP contribution is -2.17. The maximum absolute atomic E-state index is 11.5. The summed E-state index contributed by atoms with van der Waals surface area (Å²) in [4.78, 5) is 11.5. The van der Waals surface area contributed by atoms with E-state index in [-0.39, 0.29) is 11.8 Å². The van der Waals surface area contributed by atoms with E-state index in [4.69, 9.17) is 0 Å². The van der Waals surface area contributed by atoms with Gasteiger partial charge in [-0.25, -0.2) is 0 Å². The van der Waals surface area contributed by atoms with Crippen molar-refractivity contribution < 1.29 is 4.79 Å². The molecular weight excluding hydrogens is 186 g/mol. The van der Waals surface area contributed by atoms with Crippen molar-refractivity contribution in [1.82, 2.24) is 5.32 Å². The number of hydrogen-bond donors (Lipinski definition) is 1. The third kappa shape index (κ3) is 2.04. The van der Waals surface area contributed by atoms with Gasteiger partial charge in [0, 0.05) is 6.54 Å². The lowest BCUT2D eigenvalue weighted by atomic mass is 9.94. The van der Waals surface area contributed by atoms with Gasteiger partial charge in [0.1, 0.15) is 0 Å². The van der Waals surface area contributed by atoms with Crippen molar-refractivity contribution in [3.63, 3.8) is 0 Å². The fourth-order valence-corrected chi connectivity index (χ4v) is 2.03. The van der Waals surface area contributed by atoms with Gasteiger partial charge in [0.2, 0.25) is 5.91 Å². The van der Waals surface area contributed by atoms with Crippen molar-refractivity contribution >= 4 is 5.91 Å². The first-order valence-corrected chi connectivity index (χ1v) is 5.56. The third-order valence-corrected chi connectivity index (χ3v) is 3.05. The number of benzene rings is 1. The van der Waals surface area contributed by atoms with Gasteiger partial charge in [0.15, 0.2) is 0 Å². The van der Waals surface area contributed by atoms with Gasteiger partial charge in [0.05, 0.1) is 5.92 Å². The third-order valence-electron chi connectivity index (χ3n) is 3.05. The van der Waals surface area contributed by atoms with Crippen LogP contribution in [0.5, 0.6) is 0 Å². The first kappa shape index (κ1) is 10.2. The van der Waals surface area contributed by atoms with Crippen LogP contribution < -0.4 is 5.32 Å². The van der Waals surface area contributed by atoms with Crippen LogP contribution in [0.15, 0.2) is 24.3 Å². The largest absolute Gasteiger partial charge is 0.356 e. The molecule has 1 heterocycles. The molecule has 0 radical (unpaired) electrons. The fourth-order valence-electron chi connectivity index (χ4n) is 2.03. The van der Waals surface area contributed by atoms with Gasteiger partial charge >= 0.3 is 0 Å². The number of rotatable bonds is 2. The highest BCUT2D eigenvalue weighted by atomic mass is 16.2. The maximum Gasteiger partial charge on any atom is 0.227 e. The van der Waals surface area contributed by atoms with E-state index in [1.54, 1.807) is 0 Å². The quantitative estimate of drug-likeness (QED) is 0.785. The van der Waals surface area contributed by atoms with Gasteiger partial charge < -0.3 is 5.32 Å². The van der Waals surface area contributed by atoms with Crippen molar-refractivity contribution in [2.45, 2.75) is 32.1 Å². The molecule has 1 fully saturated rings. The second-order valence-electron chi connectivity index (χ2n) is 4.45. The van der Waals surface area contributed by atoms with E-state index in [2.05, 4.69) is 43.4 Å². The van der Waals surface area contributed by atoms with E-state index in [9.17, 15) is 4.79 Å². The Morgan fingerprint density at radius 2 is 1.93 bits per heavy atom. The number of carbonyl (C=O) groups excluding carboxylic acids is 1. The van der Waals surface area contributed by atoms with Gasteiger partial charge in [-0.1, -0.05) is 38.1 Å². The summed E-state index contributed by atoms with van der Waals surface area (Å²) in [6.45, 7) is 5.17. The lowest BCUT2D eigenvalue weighted by Gasteiger charge is -2.10. The van der Waals surface area contributed by atoms with E-state index < -0.39 is 0 Å². The predicted molar refractivity (Wildman–Crippen MR) is 60.9 cm³/mol. The first-order valence-electron chi connectivity index (χ1n) is 5.56. The Labute approximate surface area is 90.7 Å². The Balaban J connectivity index is 2.19. The van der Waals surface area contributed by atoms with Crippen LogP contribution in [-0.2, 0) is 4.79 Å². The van der Waals surface area contributed by atoms with Gasteiger partial charge in [-0.2, -0.15) is 0 Å². The van der Waals surface area contributed by atoms with Crippen LogP contribution in [0.25, 0.3) is 0 Å². The minimum absolute atomic E-state index is 0.0752. The second-order valence-corrected chi connectivity index (χ2v) is 4.45. The van der Waals surface area contributed by atoms with Crippen LogP contribution in [0, 0.1) is 0 Å². The highest BCUT2D eigenvalue weighted by molar-refractivity contribution is 5.85. The van der Waals surface area contributed by atoms with Gasteiger partial charge in [-0.15, -0.1) is 0 Å². The van der Waals surface area contributed by atoms with Crippen LogP contribution in [0.3, 0.4) is 0 Å². The van der Waals surface area contributed by atoms with E-state index in [1.165, 1.54) is 5.56 Å². The monoisotopic (exact) mass is 203 g/mol. The Morgan fingerprint density at radius 1 is 1.27 bits per heavy atom. The summed E-state index contributed by atoms with van der Waals surface area (Å²) in [7, 11) is 0. The molecule has 1 N–H and O–H groups in total. The molecule has 2 heteroatoms. The lowest BCUT2D eigenvalue weighted by molar-refractivity contribution is -0.120. The molecule has 2 rings (SSSR count). The average Bonchev–Trinajstić information content (AvgIpc) is 2.65. The number of hydrogen-bond acceptors (Lipinski definition) is 1.